The van der Waals surface area contributed by atoms with E-state index in [2.05, 4.69) is 0 Å². The third-order valence-electron chi connectivity index (χ3n) is 1.99. The molecule has 0 atom stereocenters. The van der Waals surface area contributed by atoms with Gasteiger partial charge in [-0.3, -0.25) is 14.0 Å². The fourth-order valence-electron chi connectivity index (χ4n) is 1.34. The van der Waals surface area contributed by atoms with E-state index in [4.69, 9.17) is 11.6 Å². The molecule has 2 rings (SSSR count). The Morgan fingerprint density at radius 2 is 2.14 bits per heavy atom. The number of aromatic nitrogens is 1. The van der Waals surface area contributed by atoms with Crippen LogP contribution in [0.4, 0.5) is 0 Å². The minimum absolute atomic E-state index is 0.0517. The lowest BCUT2D eigenvalue weighted by atomic mass is 10.2. The minimum atomic E-state index is -0.312. The van der Waals surface area contributed by atoms with Crippen LogP contribution < -0.4 is 5.56 Å². The first-order chi connectivity index (χ1) is 6.74. The number of carbonyl (C=O) groups is 1. The molecule has 4 heteroatoms. The summed E-state index contributed by atoms with van der Waals surface area (Å²) in [5.74, 6) is 0. The van der Waals surface area contributed by atoms with Crippen molar-refractivity contribution in [3.05, 3.63) is 51.4 Å². The van der Waals surface area contributed by atoms with Gasteiger partial charge >= 0.3 is 0 Å². The van der Waals surface area contributed by atoms with Gasteiger partial charge in [0.15, 0.2) is 6.29 Å². The highest BCUT2D eigenvalue weighted by Crippen LogP contribution is 2.11. The van der Waals surface area contributed by atoms with Gasteiger partial charge in [-0.1, -0.05) is 17.7 Å². The molecule has 0 aromatic carbocycles. The van der Waals surface area contributed by atoms with Gasteiger partial charge in [0.25, 0.3) is 5.56 Å². The molecule has 0 unspecified atom stereocenters. The van der Waals surface area contributed by atoms with Crippen molar-refractivity contribution in [1.29, 1.82) is 0 Å². The van der Waals surface area contributed by atoms with Crippen LogP contribution in [-0.2, 0) is 0 Å². The molecule has 0 aliphatic rings. The molecule has 0 saturated carbocycles. The van der Waals surface area contributed by atoms with E-state index < -0.39 is 0 Å². The van der Waals surface area contributed by atoms with Crippen molar-refractivity contribution in [2.24, 2.45) is 0 Å². The fourth-order valence-corrected chi connectivity index (χ4v) is 1.55. The Kier molecular flexibility index (Phi) is 2.09. The lowest BCUT2D eigenvalue weighted by Crippen LogP contribution is -2.14. The van der Waals surface area contributed by atoms with Gasteiger partial charge in [-0.15, -0.1) is 0 Å². The fraction of sp³-hybridized carbons (Fsp3) is 0. The van der Waals surface area contributed by atoms with Crippen LogP contribution in [0.2, 0.25) is 5.02 Å². The summed E-state index contributed by atoms with van der Waals surface area (Å²) >= 11 is 5.68. The summed E-state index contributed by atoms with van der Waals surface area (Å²) in [7, 11) is 0. The van der Waals surface area contributed by atoms with Crippen LogP contribution >= 0.6 is 11.6 Å². The first-order valence-electron chi connectivity index (χ1n) is 3.99. The molecule has 0 aliphatic carbocycles. The number of carbonyl (C=O) groups excluding carboxylic acids is 1. The summed E-state index contributed by atoms with van der Waals surface area (Å²) in [4.78, 5) is 22.2. The molecule has 70 valence electrons. The Labute approximate surface area is 84.6 Å². The second-order valence-corrected chi connectivity index (χ2v) is 3.23. The normalized spacial score (nSPS) is 10.4. The summed E-state index contributed by atoms with van der Waals surface area (Å²) in [5.41, 5.74) is 0.667. The Bertz CT molecular complexity index is 560. The van der Waals surface area contributed by atoms with Crippen molar-refractivity contribution in [1.82, 2.24) is 4.40 Å². The number of hydrogen-bond acceptors (Lipinski definition) is 2. The first kappa shape index (κ1) is 8.97. The smallest absolute Gasteiger partial charge is 0.273 e. The van der Waals surface area contributed by atoms with E-state index >= 15 is 0 Å². The summed E-state index contributed by atoms with van der Waals surface area (Å²) in [6, 6.07) is 6.54. The van der Waals surface area contributed by atoms with E-state index in [1.807, 2.05) is 0 Å². The van der Waals surface area contributed by atoms with Crippen LogP contribution in [0.3, 0.4) is 0 Å². The topological polar surface area (TPSA) is 38.5 Å². The largest absolute Gasteiger partial charge is 0.298 e. The molecule has 2 aromatic heterocycles. The number of fused-ring (bicyclic) bond motifs is 1. The maximum absolute atomic E-state index is 11.5. The zero-order valence-electron chi connectivity index (χ0n) is 7.11. The zero-order valence-corrected chi connectivity index (χ0v) is 7.86. The Balaban J connectivity index is 3.04. The molecule has 14 heavy (non-hydrogen) atoms. The van der Waals surface area contributed by atoms with Crippen LogP contribution in [0.25, 0.3) is 5.52 Å². The maximum atomic E-state index is 11.5. The van der Waals surface area contributed by atoms with E-state index in [1.54, 1.807) is 24.4 Å². The van der Waals surface area contributed by atoms with Crippen molar-refractivity contribution in [2.45, 2.75) is 0 Å². The average molecular weight is 208 g/mol. The van der Waals surface area contributed by atoms with Crippen molar-refractivity contribution < 1.29 is 4.79 Å². The number of aldehydes is 1. The van der Waals surface area contributed by atoms with Crippen LogP contribution in [-0.4, -0.2) is 10.7 Å². The molecule has 0 N–H and O–H groups in total. The molecular weight excluding hydrogens is 202 g/mol. The van der Waals surface area contributed by atoms with Crippen LogP contribution in [0.15, 0.2) is 35.3 Å². The zero-order chi connectivity index (χ0) is 10.1. The quantitative estimate of drug-likeness (QED) is 0.669. The molecule has 0 saturated heterocycles. The van der Waals surface area contributed by atoms with E-state index in [1.165, 1.54) is 10.5 Å². The lowest BCUT2D eigenvalue weighted by molar-refractivity contribution is 0.112. The molecule has 0 aliphatic heterocycles. The highest BCUT2D eigenvalue weighted by molar-refractivity contribution is 6.30. The molecule has 0 bridgehead atoms. The lowest BCUT2D eigenvalue weighted by Gasteiger charge is -2.02. The van der Waals surface area contributed by atoms with E-state index in [9.17, 15) is 9.59 Å². The van der Waals surface area contributed by atoms with Crippen molar-refractivity contribution >= 4 is 23.4 Å². The van der Waals surface area contributed by atoms with Crippen LogP contribution in [0.5, 0.6) is 0 Å². The number of hydrogen-bond donors (Lipinski definition) is 0. The van der Waals surface area contributed by atoms with Gasteiger partial charge in [-0.2, -0.15) is 0 Å². The molecule has 2 heterocycles. The summed E-state index contributed by atoms with van der Waals surface area (Å²) in [6.07, 6.45) is 2.26. The average Bonchev–Trinajstić information content (AvgIpc) is 2.23. The Hall–Kier alpha value is -1.61. The third-order valence-corrected chi connectivity index (χ3v) is 2.26. The molecule has 0 amide bonds. The number of halogens is 1. The van der Waals surface area contributed by atoms with Crippen LogP contribution in [0, 0.1) is 0 Å². The molecule has 2 aromatic rings. The second-order valence-electron chi connectivity index (χ2n) is 2.83. The van der Waals surface area contributed by atoms with Gasteiger partial charge in [0.2, 0.25) is 0 Å². The predicted molar refractivity (Wildman–Crippen MR) is 54.1 cm³/mol. The van der Waals surface area contributed by atoms with Gasteiger partial charge < -0.3 is 0 Å². The van der Waals surface area contributed by atoms with E-state index in [0.29, 0.717) is 17.4 Å². The molecule has 0 fully saturated rings. The number of rotatable bonds is 1. The third kappa shape index (κ3) is 1.22. The van der Waals surface area contributed by atoms with Crippen LogP contribution in [0.1, 0.15) is 10.4 Å². The molecule has 0 spiro atoms. The van der Waals surface area contributed by atoms with Crippen molar-refractivity contribution in [3.8, 4) is 0 Å². The molecule has 3 nitrogen and oxygen atoms in total. The van der Waals surface area contributed by atoms with Gasteiger partial charge in [-0.05, 0) is 18.2 Å². The van der Waals surface area contributed by atoms with Gasteiger partial charge in [0.1, 0.15) is 5.02 Å². The summed E-state index contributed by atoms with van der Waals surface area (Å²) < 4.78 is 1.35. The van der Waals surface area contributed by atoms with Gasteiger partial charge in [0.05, 0.1) is 5.52 Å². The number of pyridine rings is 2. The SMILES string of the molecule is O=Cc1cc(Cl)c(=O)n2ccccc12. The molecule has 0 radical (unpaired) electrons. The van der Waals surface area contributed by atoms with Gasteiger partial charge in [0, 0.05) is 11.8 Å². The summed E-state index contributed by atoms with van der Waals surface area (Å²) in [5, 5.41) is 0.0517. The Morgan fingerprint density at radius 1 is 1.36 bits per heavy atom. The first-order valence-corrected chi connectivity index (χ1v) is 4.37. The highest BCUT2D eigenvalue weighted by atomic mass is 35.5. The van der Waals surface area contributed by atoms with Crippen molar-refractivity contribution in [2.75, 3.05) is 0 Å². The Morgan fingerprint density at radius 3 is 2.86 bits per heavy atom. The monoisotopic (exact) mass is 207 g/mol. The maximum Gasteiger partial charge on any atom is 0.273 e. The van der Waals surface area contributed by atoms with Crippen molar-refractivity contribution in [3.63, 3.8) is 0 Å². The van der Waals surface area contributed by atoms with E-state index in [-0.39, 0.29) is 10.6 Å². The highest BCUT2D eigenvalue weighted by Gasteiger charge is 2.05. The number of nitrogens with zero attached hydrogens (tertiary/aromatic N) is 1. The second kappa shape index (κ2) is 3.27. The standard InChI is InChI=1S/C10H6ClNO2/c11-8-5-7(6-13)9-3-1-2-4-12(9)10(8)14/h1-6H. The summed E-state index contributed by atoms with van der Waals surface area (Å²) in [6.45, 7) is 0. The predicted octanol–water partition coefficient (Wildman–Crippen LogP) is 1.77. The minimum Gasteiger partial charge on any atom is -0.298 e. The molecular formula is C10H6ClNO2. The van der Waals surface area contributed by atoms with Gasteiger partial charge in [-0.25, -0.2) is 0 Å². The van der Waals surface area contributed by atoms with E-state index in [0.717, 1.165) is 0 Å².